The van der Waals surface area contributed by atoms with Crippen molar-refractivity contribution in [1.82, 2.24) is 10.3 Å². The average Bonchev–Trinajstić information content (AvgIpc) is 2.96. The lowest BCUT2D eigenvalue weighted by molar-refractivity contribution is 0.252. The summed E-state index contributed by atoms with van der Waals surface area (Å²) in [6, 6.07) is 3.33. The number of hydrogen-bond acceptors (Lipinski definition) is 2. The number of alkyl halides is 1. The van der Waals surface area contributed by atoms with Gasteiger partial charge in [0, 0.05) is 29.0 Å². The van der Waals surface area contributed by atoms with Gasteiger partial charge >= 0.3 is 6.03 Å². The molecule has 0 saturated heterocycles. The van der Waals surface area contributed by atoms with Crippen molar-refractivity contribution in [3.8, 4) is 0 Å². The van der Waals surface area contributed by atoms with Gasteiger partial charge in [-0.05, 0) is 25.0 Å². The lowest BCUT2D eigenvalue weighted by Crippen LogP contribution is -2.34. The smallest absolute Gasteiger partial charge is 0.319 e. The van der Waals surface area contributed by atoms with Crippen LogP contribution in [0, 0.1) is 0 Å². The highest BCUT2D eigenvalue weighted by Crippen LogP contribution is 2.43. The fourth-order valence-electron chi connectivity index (χ4n) is 1.16. The van der Waals surface area contributed by atoms with Gasteiger partial charge in [0.15, 0.2) is 0 Å². The van der Waals surface area contributed by atoms with E-state index in [1.54, 1.807) is 24.5 Å². The number of carbonyl (C=O) groups excluding carboxylic acids is 1. The number of aromatic nitrogens is 1. The summed E-state index contributed by atoms with van der Waals surface area (Å²) in [5, 5.41) is 5.55. The Bertz CT molecular complexity index is 351. The van der Waals surface area contributed by atoms with E-state index in [0.29, 0.717) is 6.54 Å². The Morgan fingerprint density at radius 2 is 2.13 bits per heavy atom. The third kappa shape index (κ3) is 3.20. The standard InChI is InChI=1S/C10H12BrN3O/c11-10(3-4-10)7-13-9(15)14-8-1-5-12-6-2-8/h1-2,5-6H,3-4,7H2,(H2,12,13,14,15). The van der Waals surface area contributed by atoms with Crippen molar-refractivity contribution in [2.75, 3.05) is 11.9 Å². The number of amides is 2. The van der Waals surface area contributed by atoms with E-state index < -0.39 is 0 Å². The van der Waals surface area contributed by atoms with Gasteiger partial charge in [0.25, 0.3) is 0 Å². The molecule has 1 saturated carbocycles. The summed E-state index contributed by atoms with van der Waals surface area (Å²) >= 11 is 3.55. The molecule has 80 valence electrons. The van der Waals surface area contributed by atoms with Crippen LogP contribution in [-0.4, -0.2) is 21.9 Å². The normalized spacial score (nSPS) is 16.9. The number of hydrogen-bond donors (Lipinski definition) is 2. The minimum absolute atomic E-state index is 0.155. The molecule has 0 bridgehead atoms. The maximum atomic E-state index is 11.4. The molecule has 2 amide bonds. The van der Waals surface area contributed by atoms with E-state index in [4.69, 9.17) is 0 Å². The van der Waals surface area contributed by atoms with E-state index in [-0.39, 0.29) is 10.4 Å². The Balaban J connectivity index is 1.77. The Morgan fingerprint density at radius 3 is 2.73 bits per heavy atom. The molecule has 2 rings (SSSR count). The van der Waals surface area contributed by atoms with Crippen molar-refractivity contribution in [3.05, 3.63) is 24.5 Å². The topological polar surface area (TPSA) is 54.0 Å². The number of pyridine rings is 1. The van der Waals surface area contributed by atoms with Crippen LogP contribution in [0.1, 0.15) is 12.8 Å². The third-order valence-electron chi connectivity index (χ3n) is 2.30. The summed E-state index contributed by atoms with van der Waals surface area (Å²) in [5.74, 6) is 0. The first kappa shape index (κ1) is 10.4. The zero-order valence-electron chi connectivity index (χ0n) is 8.16. The Hall–Kier alpha value is -1.10. The molecule has 0 spiro atoms. The quantitative estimate of drug-likeness (QED) is 0.827. The molecule has 0 atom stereocenters. The van der Waals surface area contributed by atoms with Crippen LogP contribution < -0.4 is 10.6 Å². The summed E-state index contributed by atoms with van der Waals surface area (Å²) in [6.07, 6.45) is 5.54. The molecule has 4 nitrogen and oxygen atoms in total. The van der Waals surface area contributed by atoms with Crippen LogP contribution >= 0.6 is 15.9 Å². The van der Waals surface area contributed by atoms with E-state index in [9.17, 15) is 4.79 Å². The SMILES string of the molecule is O=C(NCC1(Br)CC1)Nc1ccncc1. The summed E-state index contributed by atoms with van der Waals surface area (Å²) < 4.78 is 0.155. The third-order valence-corrected chi connectivity index (χ3v) is 3.37. The van der Waals surface area contributed by atoms with Crippen molar-refractivity contribution < 1.29 is 4.79 Å². The van der Waals surface area contributed by atoms with Gasteiger partial charge < -0.3 is 10.6 Å². The van der Waals surface area contributed by atoms with Gasteiger partial charge in [-0.25, -0.2) is 4.79 Å². The van der Waals surface area contributed by atoms with Crippen molar-refractivity contribution in [2.24, 2.45) is 0 Å². The van der Waals surface area contributed by atoms with Gasteiger partial charge in [-0.2, -0.15) is 0 Å². The van der Waals surface area contributed by atoms with E-state index in [1.165, 1.54) is 0 Å². The number of urea groups is 1. The molecule has 1 heterocycles. The van der Waals surface area contributed by atoms with E-state index in [0.717, 1.165) is 18.5 Å². The molecule has 1 aromatic rings. The lowest BCUT2D eigenvalue weighted by atomic mass is 10.4. The first-order valence-corrected chi connectivity index (χ1v) is 5.61. The van der Waals surface area contributed by atoms with Gasteiger partial charge in [-0.3, -0.25) is 4.98 Å². The van der Waals surface area contributed by atoms with Crippen molar-refractivity contribution in [2.45, 2.75) is 17.2 Å². The van der Waals surface area contributed by atoms with E-state index in [2.05, 4.69) is 31.5 Å². The average molecular weight is 270 g/mol. The molecular formula is C10H12BrN3O. The minimum atomic E-state index is -0.174. The van der Waals surface area contributed by atoms with Crippen LogP contribution in [0.3, 0.4) is 0 Å². The molecular weight excluding hydrogens is 258 g/mol. The maximum Gasteiger partial charge on any atom is 0.319 e. The maximum absolute atomic E-state index is 11.4. The van der Waals surface area contributed by atoms with Crippen molar-refractivity contribution >= 4 is 27.6 Å². The summed E-state index contributed by atoms with van der Waals surface area (Å²) in [7, 11) is 0. The van der Waals surface area contributed by atoms with Crippen molar-refractivity contribution in [3.63, 3.8) is 0 Å². The molecule has 15 heavy (non-hydrogen) atoms. The number of carbonyl (C=O) groups is 1. The molecule has 5 heteroatoms. The molecule has 0 radical (unpaired) electrons. The molecule has 1 aliphatic rings. The second-order valence-electron chi connectivity index (χ2n) is 3.69. The second kappa shape index (κ2) is 4.18. The molecule has 0 aromatic carbocycles. The lowest BCUT2D eigenvalue weighted by Gasteiger charge is -2.09. The largest absolute Gasteiger partial charge is 0.336 e. The van der Waals surface area contributed by atoms with Gasteiger partial charge in [-0.1, -0.05) is 15.9 Å². The predicted molar refractivity (Wildman–Crippen MR) is 62.2 cm³/mol. The fourth-order valence-corrected chi connectivity index (χ4v) is 1.50. The van der Waals surface area contributed by atoms with Crippen LogP contribution in [0.4, 0.5) is 10.5 Å². The second-order valence-corrected chi connectivity index (χ2v) is 5.38. The van der Waals surface area contributed by atoms with Gasteiger partial charge in [-0.15, -0.1) is 0 Å². The summed E-state index contributed by atoms with van der Waals surface area (Å²) in [4.78, 5) is 15.3. The Kier molecular flexibility index (Phi) is 2.90. The van der Waals surface area contributed by atoms with Gasteiger partial charge in [0.05, 0.1) is 0 Å². The monoisotopic (exact) mass is 269 g/mol. The first-order valence-electron chi connectivity index (χ1n) is 4.82. The fraction of sp³-hybridized carbons (Fsp3) is 0.400. The molecule has 0 unspecified atom stereocenters. The van der Waals surface area contributed by atoms with Crippen LogP contribution in [0.5, 0.6) is 0 Å². The molecule has 1 aliphatic carbocycles. The zero-order valence-corrected chi connectivity index (χ0v) is 9.75. The number of nitrogens with one attached hydrogen (secondary N) is 2. The molecule has 1 aromatic heterocycles. The summed E-state index contributed by atoms with van der Waals surface area (Å²) in [6.45, 7) is 0.671. The minimum Gasteiger partial charge on any atom is -0.336 e. The number of nitrogens with zero attached hydrogens (tertiary/aromatic N) is 1. The molecule has 0 aliphatic heterocycles. The van der Waals surface area contributed by atoms with Crippen LogP contribution in [0.2, 0.25) is 0 Å². The van der Waals surface area contributed by atoms with Crippen LogP contribution in [-0.2, 0) is 0 Å². The Morgan fingerprint density at radius 1 is 1.47 bits per heavy atom. The number of rotatable bonds is 3. The van der Waals surface area contributed by atoms with Gasteiger partial charge in [0.2, 0.25) is 0 Å². The van der Waals surface area contributed by atoms with E-state index in [1.807, 2.05) is 0 Å². The van der Waals surface area contributed by atoms with E-state index >= 15 is 0 Å². The Labute approximate surface area is 96.6 Å². The molecule has 2 N–H and O–H groups in total. The predicted octanol–water partition coefficient (Wildman–Crippen LogP) is 2.13. The highest BCUT2D eigenvalue weighted by molar-refractivity contribution is 9.10. The first-order chi connectivity index (χ1) is 7.18. The highest BCUT2D eigenvalue weighted by Gasteiger charge is 2.39. The van der Waals surface area contributed by atoms with Crippen molar-refractivity contribution in [1.29, 1.82) is 0 Å². The number of halogens is 1. The van der Waals surface area contributed by atoms with Gasteiger partial charge in [0.1, 0.15) is 0 Å². The van der Waals surface area contributed by atoms with Crippen LogP contribution in [0.25, 0.3) is 0 Å². The highest BCUT2D eigenvalue weighted by atomic mass is 79.9. The molecule has 1 fully saturated rings. The van der Waals surface area contributed by atoms with Crippen LogP contribution in [0.15, 0.2) is 24.5 Å². The zero-order chi connectivity index (χ0) is 10.7. The summed E-state index contributed by atoms with van der Waals surface area (Å²) in [5.41, 5.74) is 0.752. The number of anilines is 1.